The summed E-state index contributed by atoms with van der Waals surface area (Å²) < 4.78 is 0. The largest absolute Gasteiger partial charge is 0.292 e. The molecule has 2 aromatic carbocycles. The van der Waals surface area contributed by atoms with Crippen molar-refractivity contribution in [1.82, 2.24) is 0 Å². The van der Waals surface area contributed by atoms with E-state index in [1.807, 2.05) is 31.2 Å². The highest BCUT2D eigenvalue weighted by Gasteiger charge is 2.26. The van der Waals surface area contributed by atoms with Crippen LogP contribution in [0.25, 0.3) is 0 Å². The standard InChI is InChI=1S/C22H19NO/c1-14-7-10-18(14)13-16-8-11-17(12-9-16)21-19-5-3-4-6-20(19)22(24)15(2)23-21/h3-12,15H,13H2,1-2H3. The molecule has 118 valence electrons. The molecule has 0 saturated heterocycles. The molecular formula is C22H19NO. The molecule has 0 radical (unpaired) electrons. The first-order valence-corrected chi connectivity index (χ1v) is 8.32. The smallest absolute Gasteiger partial charge is 0.187 e. The molecule has 2 aliphatic rings. The quantitative estimate of drug-likeness (QED) is 0.818. The highest BCUT2D eigenvalue weighted by molar-refractivity contribution is 6.22. The topological polar surface area (TPSA) is 29.4 Å². The molecule has 0 amide bonds. The van der Waals surface area contributed by atoms with Crippen LogP contribution in [-0.2, 0) is 6.42 Å². The molecule has 2 nitrogen and oxygen atoms in total. The molecule has 1 atom stereocenters. The van der Waals surface area contributed by atoms with Gasteiger partial charge in [0, 0.05) is 16.7 Å². The molecule has 24 heavy (non-hydrogen) atoms. The zero-order valence-electron chi connectivity index (χ0n) is 13.9. The normalized spacial score (nSPS) is 19.0. The van der Waals surface area contributed by atoms with Crippen LogP contribution in [0.5, 0.6) is 0 Å². The van der Waals surface area contributed by atoms with E-state index in [4.69, 9.17) is 0 Å². The summed E-state index contributed by atoms with van der Waals surface area (Å²) in [5.74, 6) is 0.102. The molecule has 2 heteroatoms. The summed E-state index contributed by atoms with van der Waals surface area (Å²) >= 11 is 0. The number of allylic oxidation sites excluding steroid dienone is 4. The molecule has 1 aliphatic heterocycles. The van der Waals surface area contributed by atoms with E-state index in [1.165, 1.54) is 16.7 Å². The molecule has 0 spiro atoms. The van der Waals surface area contributed by atoms with Crippen LogP contribution in [0.4, 0.5) is 0 Å². The maximum atomic E-state index is 12.3. The van der Waals surface area contributed by atoms with Crippen LogP contribution < -0.4 is 0 Å². The number of hydrogen-bond donors (Lipinski definition) is 0. The lowest BCUT2D eigenvalue weighted by Crippen LogP contribution is -2.26. The van der Waals surface area contributed by atoms with Gasteiger partial charge in [0.2, 0.25) is 0 Å². The Morgan fingerprint density at radius 3 is 2.29 bits per heavy atom. The highest BCUT2D eigenvalue weighted by Crippen LogP contribution is 2.26. The Kier molecular flexibility index (Phi) is 3.53. The average Bonchev–Trinajstić information content (AvgIpc) is 2.62. The minimum absolute atomic E-state index is 0.102. The van der Waals surface area contributed by atoms with Gasteiger partial charge in [-0.05, 0) is 37.0 Å². The van der Waals surface area contributed by atoms with Crippen LogP contribution >= 0.6 is 0 Å². The Balaban J connectivity index is 1.66. The predicted molar refractivity (Wildman–Crippen MR) is 97.9 cm³/mol. The summed E-state index contributed by atoms with van der Waals surface area (Å²) in [5, 5.41) is 0. The maximum Gasteiger partial charge on any atom is 0.187 e. The third kappa shape index (κ3) is 2.44. The lowest BCUT2D eigenvalue weighted by Gasteiger charge is -2.20. The number of benzene rings is 2. The van der Waals surface area contributed by atoms with Crippen molar-refractivity contribution in [3.05, 3.63) is 94.1 Å². The average molecular weight is 313 g/mol. The molecule has 0 fully saturated rings. The number of fused-ring (bicyclic) bond motifs is 1. The van der Waals surface area contributed by atoms with Crippen LogP contribution in [0.3, 0.4) is 0 Å². The van der Waals surface area contributed by atoms with Crippen molar-refractivity contribution in [2.75, 3.05) is 0 Å². The number of carbonyl (C=O) groups excluding carboxylic acids is 1. The van der Waals surface area contributed by atoms with Crippen molar-refractivity contribution in [1.29, 1.82) is 0 Å². The summed E-state index contributed by atoms with van der Waals surface area (Å²) in [4.78, 5) is 17.0. The fraction of sp³-hybridized carbons (Fsp3) is 0.182. The van der Waals surface area contributed by atoms with Gasteiger partial charge in [0.05, 0.1) is 5.71 Å². The number of rotatable bonds is 3. The highest BCUT2D eigenvalue weighted by atomic mass is 16.1. The molecule has 0 saturated carbocycles. The predicted octanol–water partition coefficient (Wildman–Crippen LogP) is 4.54. The minimum atomic E-state index is -0.317. The van der Waals surface area contributed by atoms with Crippen LogP contribution in [0.15, 0.2) is 76.8 Å². The number of carbonyl (C=O) groups is 1. The second-order valence-corrected chi connectivity index (χ2v) is 6.48. The van der Waals surface area contributed by atoms with E-state index in [-0.39, 0.29) is 11.8 Å². The molecule has 1 aliphatic carbocycles. The number of ketones is 1. The Bertz CT molecular complexity index is 913. The summed E-state index contributed by atoms with van der Waals surface area (Å²) in [7, 11) is 0. The van der Waals surface area contributed by atoms with Crippen molar-refractivity contribution < 1.29 is 4.79 Å². The van der Waals surface area contributed by atoms with Crippen molar-refractivity contribution >= 4 is 11.5 Å². The van der Waals surface area contributed by atoms with E-state index in [0.717, 1.165) is 28.8 Å². The summed E-state index contributed by atoms with van der Waals surface area (Å²) in [6.07, 6.45) is 5.30. The second-order valence-electron chi connectivity index (χ2n) is 6.48. The fourth-order valence-electron chi connectivity index (χ4n) is 3.25. The number of hydrogen-bond acceptors (Lipinski definition) is 2. The van der Waals surface area contributed by atoms with Gasteiger partial charge in [0.25, 0.3) is 0 Å². The Morgan fingerprint density at radius 2 is 1.67 bits per heavy atom. The summed E-state index contributed by atoms with van der Waals surface area (Å²) in [6.45, 7) is 4.01. The van der Waals surface area contributed by atoms with E-state index in [1.54, 1.807) is 0 Å². The third-order valence-electron chi connectivity index (χ3n) is 4.81. The van der Waals surface area contributed by atoms with E-state index >= 15 is 0 Å². The van der Waals surface area contributed by atoms with Crippen molar-refractivity contribution in [3.63, 3.8) is 0 Å². The van der Waals surface area contributed by atoms with Gasteiger partial charge in [0.1, 0.15) is 6.04 Å². The Morgan fingerprint density at radius 1 is 0.958 bits per heavy atom. The van der Waals surface area contributed by atoms with Crippen molar-refractivity contribution in [3.8, 4) is 0 Å². The van der Waals surface area contributed by atoms with E-state index < -0.39 is 0 Å². The lowest BCUT2D eigenvalue weighted by atomic mass is 9.88. The number of nitrogens with zero attached hydrogens (tertiary/aromatic N) is 1. The van der Waals surface area contributed by atoms with Gasteiger partial charge in [-0.15, -0.1) is 0 Å². The number of aliphatic imine (C=N–C) groups is 1. The molecule has 2 aromatic rings. The first-order chi connectivity index (χ1) is 11.6. The van der Waals surface area contributed by atoms with Crippen LogP contribution in [-0.4, -0.2) is 17.5 Å². The SMILES string of the molecule is CC1=CC=C1Cc1ccc(C2=NC(C)C(=O)c3ccccc32)cc1. The zero-order valence-corrected chi connectivity index (χ0v) is 13.9. The molecule has 0 N–H and O–H groups in total. The van der Waals surface area contributed by atoms with Gasteiger partial charge in [-0.3, -0.25) is 9.79 Å². The third-order valence-corrected chi connectivity index (χ3v) is 4.81. The van der Waals surface area contributed by atoms with Gasteiger partial charge >= 0.3 is 0 Å². The maximum absolute atomic E-state index is 12.3. The van der Waals surface area contributed by atoms with Gasteiger partial charge in [-0.25, -0.2) is 0 Å². The lowest BCUT2D eigenvalue weighted by molar-refractivity contribution is 0.0966. The molecule has 0 aromatic heterocycles. The summed E-state index contributed by atoms with van der Waals surface area (Å²) in [5.41, 5.74) is 7.78. The van der Waals surface area contributed by atoms with Gasteiger partial charge in [0.15, 0.2) is 5.78 Å². The van der Waals surface area contributed by atoms with E-state index in [9.17, 15) is 4.79 Å². The van der Waals surface area contributed by atoms with Crippen molar-refractivity contribution in [2.24, 2.45) is 4.99 Å². The Hall–Kier alpha value is -2.74. The van der Waals surface area contributed by atoms with Crippen molar-refractivity contribution in [2.45, 2.75) is 26.3 Å². The zero-order chi connectivity index (χ0) is 16.7. The first kappa shape index (κ1) is 14.8. The second kappa shape index (κ2) is 5.72. The van der Waals surface area contributed by atoms with E-state index in [0.29, 0.717) is 0 Å². The minimum Gasteiger partial charge on any atom is -0.292 e. The van der Waals surface area contributed by atoms with E-state index in [2.05, 4.69) is 48.3 Å². The number of Topliss-reactive ketones (excluding diaryl/α,β-unsaturated/α-hetero) is 1. The van der Waals surface area contributed by atoms with Crippen LogP contribution in [0.2, 0.25) is 0 Å². The summed E-state index contributed by atoms with van der Waals surface area (Å²) in [6, 6.07) is 16.0. The Labute approximate surface area is 142 Å². The van der Waals surface area contributed by atoms with Crippen LogP contribution in [0.1, 0.15) is 40.9 Å². The van der Waals surface area contributed by atoms with Crippen LogP contribution in [0, 0.1) is 0 Å². The molecule has 4 rings (SSSR count). The fourth-order valence-corrected chi connectivity index (χ4v) is 3.25. The molecule has 1 heterocycles. The molecule has 0 bridgehead atoms. The molecule has 1 unspecified atom stereocenters. The first-order valence-electron chi connectivity index (χ1n) is 8.32. The monoisotopic (exact) mass is 313 g/mol. The van der Waals surface area contributed by atoms with Gasteiger partial charge < -0.3 is 0 Å². The van der Waals surface area contributed by atoms with Gasteiger partial charge in [-0.1, -0.05) is 60.7 Å². The van der Waals surface area contributed by atoms with Gasteiger partial charge in [-0.2, -0.15) is 0 Å². The molecular weight excluding hydrogens is 294 g/mol.